The summed E-state index contributed by atoms with van der Waals surface area (Å²) in [6.07, 6.45) is 32.9. The number of esters is 1. The van der Waals surface area contributed by atoms with Crippen molar-refractivity contribution in [2.75, 3.05) is 0 Å². The maximum absolute atomic E-state index is 13.0. The molecule has 4 aliphatic carbocycles. The van der Waals surface area contributed by atoms with Crippen LogP contribution in [0, 0.1) is 58.2 Å². The molecule has 272 valence electrons. The fourth-order valence-electron chi connectivity index (χ4n) is 11.6. The lowest BCUT2D eigenvalue weighted by molar-refractivity contribution is -0.161. The van der Waals surface area contributed by atoms with Gasteiger partial charge in [-0.25, -0.2) is 0 Å². The first-order valence-corrected chi connectivity index (χ1v) is 21.4. The van der Waals surface area contributed by atoms with Crippen LogP contribution in [0.4, 0.5) is 0 Å². The summed E-state index contributed by atoms with van der Waals surface area (Å²) in [6, 6.07) is 0. The van der Waals surface area contributed by atoms with Crippen molar-refractivity contribution in [3.63, 3.8) is 0 Å². The number of carbonyl (C=O) groups is 1. The number of hydrogen-bond acceptors (Lipinski definition) is 2. The van der Waals surface area contributed by atoms with Gasteiger partial charge < -0.3 is 4.74 Å². The summed E-state index contributed by atoms with van der Waals surface area (Å²) < 4.78 is 6.26. The Hall–Kier alpha value is -0.790. The zero-order chi connectivity index (χ0) is 34.0. The second kappa shape index (κ2) is 18.4. The van der Waals surface area contributed by atoms with Crippen molar-refractivity contribution in [2.24, 2.45) is 58.2 Å². The van der Waals surface area contributed by atoms with Crippen LogP contribution >= 0.6 is 0 Å². The van der Waals surface area contributed by atoms with Crippen molar-refractivity contribution < 1.29 is 9.53 Å². The monoisotopic (exact) mass is 653 g/mol. The number of allylic oxidation sites excluding steroid dienone is 2. The molecule has 0 heterocycles. The Bertz CT molecular complexity index is 965. The fraction of sp³-hybridized carbons (Fsp3) is 0.933. The van der Waals surface area contributed by atoms with Crippen LogP contribution in [-0.4, -0.2) is 12.1 Å². The largest absolute Gasteiger partial charge is 0.462 e. The molecule has 4 aliphatic rings. The molecular formula is C45H80O2. The van der Waals surface area contributed by atoms with Gasteiger partial charge in [0.25, 0.3) is 0 Å². The van der Waals surface area contributed by atoms with Crippen LogP contribution in [0.25, 0.3) is 0 Å². The Morgan fingerprint density at radius 3 is 1.96 bits per heavy atom. The maximum atomic E-state index is 13.0. The Kier molecular flexibility index (Phi) is 15.3. The summed E-state index contributed by atoms with van der Waals surface area (Å²) in [5.41, 5.74) is 2.74. The minimum atomic E-state index is 0.0721. The molecule has 0 saturated heterocycles. The Labute approximate surface area is 293 Å². The minimum absolute atomic E-state index is 0.0721. The lowest BCUT2D eigenvalue weighted by atomic mass is 9.46. The van der Waals surface area contributed by atoms with Gasteiger partial charge in [0.2, 0.25) is 0 Å². The van der Waals surface area contributed by atoms with E-state index in [1.54, 1.807) is 0 Å². The Balaban J connectivity index is 1.19. The minimum Gasteiger partial charge on any atom is -0.462 e. The molecule has 0 bridgehead atoms. The number of rotatable bonds is 20. The molecule has 3 saturated carbocycles. The van der Waals surface area contributed by atoms with Crippen LogP contribution in [0.1, 0.15) is 203 Å². The molecule has 0 radical (unpaired) electrons. The van der Waals surface area contributed by atoms with Crippen molar-refractivity contribution in [2.45, 2.75) is 209 Å². The number of carbonyl (C=O) groups excluding carboxylic acids is 1. The van der Waals surface area contributed by atoms with Gasteiger partial charge in [-0.05, 0) is 110 Å². The van der Waals surface area contributed by atoms with E-state index < -0.39 is 0 Å². The van der Waals surface area contributed by atoms with Gasteiger partial charge in [-0.15, -0.1) is 0 Å². The molecule has 2 heteroatoms. The Morgan fingerprint density at radius 2 is 1.34 bits per heavy atom. The maximum Gasteiger partial charge on any atom is 0.306 e. The highest BCUT2D eigenvalue weighted by atomic mass is 16.5. The van der Waals surface area contributed by atoms with Gasteiger partial charge in [0.15, 0.2) is 0 Å². The molecule has 0 aliphatic heterocycles. The van der Waals surface area contributed by atoms with Crippen LogP contribution in [0.3, 0.4) is 0 Å². The summed E-state index contributed by atoms with van der Waals surface area (Å²) in [7, 11) is 0. The molecule has 0 amide bonds. The first kappa shape index (κ1) is 39.0. The van der Waals surface area contributed by atoms with Gasteiger partial charge in [0.1, 0.15) is 6.10 Å². The molecule has 3 fully saturated rings. The predicted molar refractivity (Wildman–Crippen MR) is 202 cm³/mol. The van der Waals surface area contributed by atoms with Crippen LogP contribution in [0.5, 0.6) is 0 Å². The zero-order valence-corrected chi connectivity index (χ0v) is 32.9. The van der Waals surface area contributed by atoms with E-state index in [9.17, 15) is 4.79 Å². The molecule has 4 rings (SSSR count). The van der Waals surface area contributed by atoms with E-state index >= 15 is 0 Å². The van der Waals surface area contributed by atoms with Crippen LogP contribution in [0.2, 0.25) is 0 Å². The van der Waals surface area contributed by atoms with Crippen molar-refractivity contribution >= 4 is 5.97 Å². The number of fused-ring (bicyclic) bond motifs is 5. The second-order valence-electron chi connectivity index (χ2n) is 18.6. The third kappa shape index (κ3) is 9.72. The Morgan fingerprint density at radius 1 is 0.766 bits per heavy atom. The van der Waals surface area contributed by atoms with Gasteiger partial charge in [0.05, 0.1) is 0 Å². The molecule has 0 N–H and O–H groups in total. The quantitative estimate of drug-likeness (QED) is 0.0743. The number of ether oxygens (including phenoxy) is 1. The lowest BCUT2D eigenvalue weighted by Crippen LogP contribution is -2.53. The lowest BCUT2D eigenvalue weighted by Gasteiger charge is -2.59. The first-order valence-electron chi connectivity index (χ1n) is 21.4. The summed E-state index contributed by atoms with van der Waals surface area (Å²) in [5, 5.41) is 0. The van der Waals surface area contributed by atoms with Crippen LogP contribution < -0.4 is 0 Å². The van der Waals surface area contributed by atoms with E-state index in [-0.39, 0.29) is 12.1 Å². The van der Waals surface area contributed by atoms with E-state index in [4.69, 9.17) is 4.74 Å². The molecule has 0 aromatic rings. The van der Waals surface area contributed by atoms with Gasteiger partial charge >= 0.3 is 5.97 Å². The molecule has 10 atom stereocenters. The summed E-state index contributed by atoms with van der Waals surface area (Å²) in [6.45, 7) is 19.9. The molecule has 0 aromatic heterocycles. The van der Waals surface area contributed by atoms with E-state index in [0.717, 1.165) is 48.3 Å². The highest BCUT2D eigenvalue weighted by Crippen LogP contribution is 2.67. The third-order valence-corrected chi connectivity index (χ3v) is 15.3. The molecule has 47 heavy (non-hydrogen) atoms. The van der Waals surface area contributed by atoms with E-state index in [1.807, 2.05) is 5.57 Å². The van der Waals surface area contributed by atoms with Crippen molar-refractivity contribution in [1.82, 2.24) is 0 Å². The molecule has 2 nitrogen and oxygen atoms in total. The smallest absolute Gasteiger partial charge is 0.306 e. The van der Waals surface area contributed by atoms with Crippen molar-refractivity contribution in [1.29, 1.82) is 0 Å². The average molecular weight is 653 g/mol. The topological polar surface area (TPSA) is 26.3 Å². The van der Waals surface area contributed by atoms with Gasteiger partial charge in [-0.1, -0.05) is 157 Å². The average Bonchev–Trinajstić information content (AvgIpc) is 3.40. The normalized spacial score (nSPS) is 34.7. The summed E-state index contributed by atoms with van der Waals surface area (Å²) in [4.78, 5) is 13.0. The molecular weight excluding hydrogens is 572 g/mol. The van der Waals surface area contributed by atoms with Gasteiger partial charge in [-0.2, -0.15) is 0 Å². The second-order valence-corrected chi connectivity index (χ2v) is 18.6. The summed E-state index contributed by atoms with van der Waals surface area (Å²) >= 11 is 0. The van der Waals surface area contributed by atoms with Crippen molar-refractivity contribution in [3.05, 3.63) is 11.6 Å². The van der Waals surface area contributed by atoms with Crippen LogP contribution in [-0.2, 0) is 9.53 Å². The number of unbranched alkanes of at least 4 members (excludes halogenated alkanes) is 12. The van der Waals surface area contributed by atoms with E-state index in [2.05, 4.69) is 61.5 Å². The molecule has 10 unspecified atom stereocenters. The van der Waals surface area contributed by atoms with Crippen LogP contribution in [0.15, 0.2) is 11.6 Å². The molecule has 0 spiro atoms. The first-order chi connectivity index (χ1) is 22.5. The SMILES string of the molecule is CCCCCCCCCCCCCCCC(=O)OC1CCC2(C)C3CCC4(C)C(CCC4C(C)CCC(C)C(C)C)C3=CCC2C1C. The van der Waals surface area contributed by atoms with Gasteiger partial charge in [-0.3, -0.25) is 4.79 Å². The van der Waals surface area contributed by atoms with Crippen molar-refractivity contribution in [3.8, 4) is 0 Å². The molecule has 0 aromatic carbocycles. The predicted octanol–water partition coefficient (Wildman–Crippen LogP) is 13.9. The third-order valence-electron chi connectivity index (χ3n) is 15.3. The summed E-state index contributed by atoms with van der Waals surface area (Å²) in [5.74, 6) is 6.13. The highest BCUT2D eigenvalue weighted by molar-refractivity contribution is 5.69. The standard InChI is InChI=1S/C45H80O2/c1-9-10-11-12-13-14-15-16-17-18-19-20-21-22-43(46)47-42-30-32-45(8)39(36(42)6)26-25-37-40-28-27-38(44(40,7)31-29-41(37)45)35(5)24-23-34(4)33(2)3/h25,33-36,38-42H,9-24,26-32H2,1-8H3. The zero-order valence-electron chi connectivity index (χ0n) is 32.9. The number of hydrogen-bond donors (Lipinski definition) is 0. The fourth-order valence-corrected chi connectivity index (χ4v) is 11.6. The van der Waals surface area contributed by atoms with E-state index in [0.29, 0.717) is 29.1 Å². The highest BCUT2D eigenvalue weighted by Gasteiger charge is 2.59. The van der Waals surface area contributed by atoms with E-state index in [1.165, 1.54) is 128 Å². The van der Waals surface area contributed by atoms with Gasteiger partial charge in [0, 0.05) is 6.42 Å².